The van der Waals surface area contributed by atoms with Gasteiger partial charge >= 0.3 is 0 Å². The summed E-state index contributed by atoms with van der Waals surface area (Å²) in [6, 6.07) is 19.5. The van der Waals surface area contributed by atoms with Crippen molar-refractivity contribution in [3.05, 3.63) is 72.8 Å². The van der Waals surface area contributed by atoms with Gasteiger partial charge in [-0.05, 0) is 13.0 Å². The average Bonchev–Trinajstić information content (AvgIpc) is 2.82. The number of fused-ring (bicyclic) bond motifs is 1. The van der Waals surface area contributed by atoms with E-state index < -0.39 is 0 Å². The molecule has 0 aromatic heterocycles. The summed E-state index contributed by atoms with van der Waals surface area (Å²) >= 11 is 0. The molecule has 1 N–H and O–H groups in total. The minimum atomic E-state index is 0. The van der Waals surface area contributed by atoms with Crippen molar-refractivity contribution in [2.45, 2.75) is 13.1 Å². The average molecular weight is 345 g/mol. The molecule has 3 rings (SSSR count). The number of para-hydroxylation sites is 2. The number of nitrogens with zero attached hydrogens (tertiary/aromatic N) is 1. The quantitative estimate of drug-likeness (QED) is 0.763. The highest BCUT2D eigenvalue weighted by molar-refractivity contribution is 5.66. The van der Waals surface area contributed by atoms with Gasteiger partial charge in [0.15, 0.2) is 11.9 Å². The van der Waals surface area contributed by atoms with E-state index in [1.54, 1.807) is 0 Å². The molecule has 110 valence electrons. The van der Waals surface area contributed by atoms with E-state index >= 15 is 0 Å². The molecule has 2 aromatic carbocycles. The van der Waals surface area contributed by atoms with Crippen molar-refractivity contribution in [2.75, 3.05) is 18.0 Å². The van der Waals surface area contributed by atoms with Gasteiger partial charge in [0, 0.05) is 18.2 Å². The second-order valence-corrected chi connectivity index (χ2v) is 5.15. The molecular formula is C18H21BrN2. The lowest BCUT2D eigenvalue weighted by Gasteiger charge is -2.27. The summed E-state index contributed by atoms with van der Waals surface area (Å²) in [6.45, 7) is 8.12. The van der Waals surface area contributed by atoms with Crippen LogP contribution in [0.1, 0.15) is 18.7 Å². The second-order valence-electron chi connectivity index (χ2n) is 5.15. The third-order valence-electron chi connectivity index (χ3n) is 4.02. The molecule has 2 nitrogen and oxygen atoms in total. The summed E-state index contributed by atoms with van der Waals surface area (Å²) < 4.78 is 0. The number of rotatable bonds is 4. The fourth-order valence-electron chi connectivity index (χ4n) is 3.21. The van der Waals surface area contributed by atoms with E-state index in [-0.39, 0.29) is 17.0 Å². The highest BCUT2D eigenvalue weighted by atomic mass is 79.9. The number of halogens is 1. The Morgan fingerprint density at radius 2 is 1.76 bits per heavy atom. The van der Waals surface area contributed by atoms with Crippen LogP contribution in [-0.4, -0.2) is 13.1 Å². The van der Waals surface area contributed by atoms with E-state index in [2.05, 4.69) is 73.0 Å². The van der Waals surface area contributed by atoms with Crippen molar-refractivity contribution in [1.29, 1.82) is 0 Å². The molecule has 0 radical (unpaired) electrons. The first-order valence-electron chi connectivity index (χ1n) is 7.24. The van der Waals surface area contributed by atoms with Gasteiger partial charge in [0.05, 0.1) is 6.54 Å². The third kappa shape index (κ3) is 2.76. The van der Waals surface area contributed by atoms with Crippen molar-refractivity contribution in [1.82, 2.24) is 0 Å². The molecule has 2 atom stereocenters. The molecule has 21 heavy (non-hydrogen) atoms. The topological polar surface area (TPSA) is 7.68 Å². The zero-order valence-corrected chi connectivity index (χ0v) is 13.9. The Labute approximate surface area is 137 Å². The summed E-state index contributed by atoms with van der Waals surface area (Å²) in [7, 11) is 0. The largest absolute Gasteiger partial charge is 1.00 e. The maximum Gasteiger partial charge on any atom is 0.195 e. The molecule has 2 aromatic rings. The Morgan fingerprint density at radius 1 is 1.10 bits per heavy atom. The summed E-state index contributed by atoms with van der Waals surface area (Å²) in [4.78, 5) is 3.96. The Kier molecular flexibility index (Phi) is 5.21. The van der Waals surface area contributed by atoms with Crippen LogP contribution in [-0.2, 0) is 0 Å². The van der Waals surface area contributed by atoms with E-state index in [0.29, 0.717) is 6.17 Å². The zero-order valence-electron chi connectivity index (χ0n) is 12.3. The predicted octanol–water partition coefficient (Wildman–Crippen LogP) is -0.0683. The number of hydrogen-bond donors (Lipinski definition) is 1. The van der Waals surface area contributed by atoms with E-state index in [4.69, 9.17) is 0 Å². The molecule has 1 aliphatic rings. The molecule has 0 fully saturated rings. The Bertz CT molecular complexity index is 597. The van der Waals surface area contributed by atoms with E-state index in [0.717, 1.165) is 13.1 Å². The monoisotopic (exact) mass is 344 g/mol. The second kappa shape index (κ2) is 6.92. The highest BCUT2D eigenvalue weighted by Crippen LogP contribution is 2.35. The number of benzene rings is 2. The number of hydrogen-bond acceptors (Lipinski definition) is 1. The SMILES string of the molecule is C=CCN1c2ccccc2[NH+](CC)C1c1ccccc1.[Br-]. The Balaban J connectivity index is 0.00000161. The Hall–Kier alpha value is -1.58. The lowest BCUT2D eigenvalue weighted by atomic mass is 10.1. The molecular weight excluding hydrogens is 324 g/mol. The van der Waals surface area contributed by atoms with Gasteiger partial charge in [-0.15, -0.1) is 6.58 Å². The first kappa shape index (κ1) is 15.8. The van der Waals surface area contributed by atoms with Crippen LogP contribution in [0.5, 0.6) is 0 Å². The van der Waals surface area contributed by atoms with Gasteiger partial charge in [-0.2, -0.15) is 0 Å². The predicted molar refractivity (Wildman–Crippen MR) is 84.3 cm³/mol. The molecule has 0 saturated heterocycles. The smallest absolute Gasteiger partial charge is 0.195 e. The maximum absolute atomic E-state index is 3.93. The fraction of sp³-hybridized carbons (Fsp3) is 0.222. The van der Waals surface area contributed by atoms with Crippen LogP contribution >= 0.6 is 0 Å². The number of nitrogens with one attached hydrogen (secondary N) is 1. The summed E-state index contributed by atoms with van der Waals surface area (Å²) in [5, 5.41) is 0. The van der Waals surface area contributed by atoms with Crippen LogP contribution in [0.3, 0.4) is 0 Å². The van der Waals surface area contributed by atoms with Crippen LogP contribution in [0, 0.1) is 0 Å². The lowest BCUT2D eigenvalue weighted by molar-refractivity contribution is -0.858. The number of anilines is 1. The molecule has 0 saturated carbocycles. The minimum absolute atomic E-state index is 0. The van der Waals surface area contributed by atoms with Crippen molar-refractivity contribution >= 4 is 11.4 Å². The molecule has 3 heteroatoms. The van der Waals surface area contributed by atoms with E-state index in [9.17, 15) is 0 Å². The van der Waals surface area contributed by atoms with Gasteiger partial charge in [-0.3, -0.25) is 4.90 Å². The first-order chi connectivity index (χ1) is 9.86. The number of quaternary nitrogens is 1. The standard InChI is InChI=1S/C18H20N2.BrH/c1-3-14-20-17-13-9-8-12-16(17)19(4-2)18(20)15-10-6-5-7-11-15;/h3,5-13,18H,1,4,14H2,2H3;1H. The van der Waals surface area contributed by atoms with Gasteiger partial charge in [0.1, 0.15) is 5.69 Å². The lowest BCUT2D eigenvalue weighted by Crippen LogP contribution is -3.07. The van der Waals surface area contributed by atoms with Gasteiger partial charge in [-0.25, -0.2) is 0 Å². The van der Waals surface area contributed by atoms with E-state index in [1.807, 2.05) is 6.08 Å². The van der Waals surface area contributed by atoms with Crippen LogP contribution in [0.15, 0.2) is 67.3 Å². The first-order valence-corrected chi connectivity index (χ1v) is 7.24. The molecule has 1 heterocycles. The van der Waals surface area contributed by atoms with Gasteiger partial charge in [0.2, 0.25) is 0 Å². The minimum Gasteiger partial charge on any atom is -1.00 e. The molecule has 2 unspecified atom stereocenters. The van der Waals surface area contributed by atoms with Crippen LogP contribution < -0.4 is 26.8 Å². The van der Waals surface area contributed by atoms with Gasteiger partial charge in [-0.1, -0.05) is 48.5 Å². The van der Waals surface area contributed by atoms with Crippen LogP contribution in [0.25, 0.3) is 0 Å². The Morgan fingerprint density at radius 3 is 2.43 bits per heavy atom. The van der Waals surface area contributed by atoms with Gasteiger partial charge < -0.3 is 21.9 Å². The van der Waals surface area contributed by atoms with E-state index in [1.165, 1.54) is 21.8 Å². The molecule has 0 amide bonds. The molecule has 0 spiro atoms. The van der Waals surface area contributed by atoms with Crippen molar-refractivity contribution in [3.63, 3.8) is 0 Å². The summed E-state index contributed by atoms with van der Waals surface area (Å²) in [5.74, 6) is 0. The van der Waals surface area contributed by atoms with Crippen molar-refractivity contribution < 1.29 is 21.9 Å². The van der Waals surface area contributed by atoms with Crippen molar-refractivity contribution in [2.24, 2.45) is 0 Å². The molecule has 1 aliphatic heterocycles. The van der Waals surface area contributed by atoms with Crippen LogP contribution in [0.4, 0.5) is 11.4 Å². The maximum atomic E-state index is 3.93. The third-order valence-corrected chi connectivity index (χ3v) is 4.02. The van der Waals surface area contributed by atoms with Crippen molar-refractivity contribution in [3.8, 4) is 0 Å². The highest BCUT2D eigenvalue weighted by Gasteiger charge is 2.39. The zero-order chi connectivity index (χ0) is 13.9. The normalized spacial score (nSPS) is 19.8. The summed E-state index contributed by atoms with van der Waals surface area (Å²) in [5.41, 5.74) is 4.09. The van der Waals surface area contributed by atoms with Crippen LogP contribution in [0.2, 0.25) is 0 Å². The summed E-state index contributed by atoms with van der Waals surface area (Å²) in [6.07, 6.45) is 2.34. The fourth-order valence-corrected chi connectivity index (χ4v) is 3.21. The molecule has 0 bridgehead atoms. The molecule has 0 aliphatic carbocycles. The van der Waals surface area contributed by atoms with Gasteiger partial charge in [0.25, 0.3) is 0 Å².